The summed E-state index contributed by atoms with van der Waals surface area (Å²) >= 11 is 0. The molecule has 0 aromatic rings. The van der Waals surface area contributed by atoms with Gasteiger partial charge in [0.05, 0.1) is 18.6 Å². The highest BCUT2D eigenvalue weighted by molar-refractivity contribution is 6.17. The molecule has 10 heteroatoms. The second-order valence-corrected chi connectivity index (χ2v) is 8.53. The number of Topliss-reactive ketones (excluding diaryl/α,β-unsaturated/α-hetero) is 1. The molecule has 0 aromatic heterocycles. The third-order valence-electron chi connectivity index (χ3n) is 4.84. The Kier molecular flexibility index (Phi) is 11.9. The molecule has 30 heavy (non-hydrogen) atoms. The number of aliphatic carboxylic acids is 1. The standard InChI is InChI=1S/C20H39N5O5/c1-12(2)9-15(24)18(28)25(16(26)11-22)20(19(29)30,10-13(3)4)17(27)14(23)7-5-6-8-21/h12-15H,5-11,21-24H2,1-4H3,(H,29,30). The Bertz CT molecular complexity index is 610. The Hall–Kier alpha value is -1.88. The SMILES string of the molecule is CC(C)CC(N)C(=O)N(C(=O)CN)C(CC(C)C)(C(=O)O)C(=O)C(N)CCCCN. The topological polar surface area (TPSA) is 196 Å². The molecule has 0 saturated carbocycles. The molecule has 0 bridgehead atoms. The first-order valence-corrected chi connectivity index (χ1v) is 10.4. The molecule has 10 nitrogen and oxygen atoms in total. The summed E-state index contributed by atoms with van der Waals surface area (Å²) in [5.41, 5.74) is 20.5. The minimum absolute atomic E-state index is 0.0114. The highest BCUT2D eigenvalue weighted by Crippen LogP contribution is 2.30. The van der Waals surface area contributed by atoms with Crippen molar-refractivity contribution in [3.05, 3.63) is 0 Å². The lowest BCUT2D eigenvalue weighted by Gasteiger charge is -2.41. The maximum Gasteiger partial charge on any atom is 0.338 e. The van der Waals surface area contributed by atoms with E-state index in [1.807, 2.05) is 13.8 Å². The van der Waals surface area contributed by atoms with E-state index in [9.17, 15) is 24.3 Å². The Morgan fingerprint density at radius 3 is 1.90 bits per heavy atom. The minimum atomic E-state index is -2.47. The van der Waals surface area contributed by atoms with Crippen molar-refractivity contribution in [2.45, 2.75) is 77.4 Å². The first-order valence-electron chi connectivity index (χ1n) is 10.4. The Balaban J connectivity index is 6.48. The molecule has 174 valence electrons. The van der Waals surface area contributed by atoms with Crippen molar-refractivity contribution in [1.29, 1.82) is 0 Å². The van der Waals surface area contributed by atoms with Gasteiger partial charge in [0.2, 0.25) is 17.4 Å². The van der Waals surface area contributed by atoms with E-state index in [-0.39, 0.29) is 31.1 Å². The lowest BCUT2D eigenvalue weighted by molar-refractivity contribution is -0.172. The predicted octanol–water partition coefficient (Wildman–Crippen LogP) is -0.431. The van der Waals surface area contributed by atoms with Gasteiger partial charge in [-0.25, -0.2) is 4.79 Å². The Morgan fingerprint density at radius 2 is 1.50 bits per heavy atom. The van der Waals surface area contributed by atoms with Crippen LogP contribution in [0.2, 0.25) is 0 Å². The first-order chi connectivity index (χ1) is 13.9. The number of carboxylic acids is 1. The van der Waals surface area contributed by atoms with Gasteiger partial charge in [-0.2, -0.15) is 0 Å². The number of nitrogens with zero attached hydrogens (tertiary/aromatic N) is 1. The Labute approximate surface area is 178 Å². The second-order valence-electron chi connectivity index (χ2n) is 8.53. The van der Waals surface area contributed by atoms with Gasteiger partial charge in [-0.3, -0.25) is 19.3 Å². The summed E-state index contributed by atoms with van der Waals surface area (Å²) in [6.45, 7) is 6.79. The summed E-state index contributed by atoms with van der Waals surface area (Å²) in [7, 11) is 0. The molecule has 0 fully saturated rings. The third-order valence-corrected chi connectivity index (χ3v) is 4.84. The summed E-state index contributed by atoms with van der Waals surface area (Å²) in [5, 5.41) is 10.2. The van der Waals surface area contributed by atoms with Crippen LogP contribution in [0.15, 0.2) is 0 Å². The van der Waals surface area contributed by atoms with Crippen LogP contribution in [0.25, 0.3) is 0 Å². The third kappa shape index (κ3) is 7.12. The van der Waals surface area contributed by atoms with Crippen LogP contribution in [0.4, 0.5) is 0 Å². The molecule has 0 aliphatic carbocycles. The average Bonchev–Trinajstić information content (AvgIpc) is 2.65. The summed E-state index contributed by atoms with van der Waals surface area (Å²) in [5.74, 6) is -4.79. The van der Waals surface area contributed by atoms with Gasteiger partial charge in [-0.15, -0.1) is 0 Å². The first kappa shape index (κ1) is 28.1. The number of hydrogen-bond donors (Lipinski definition) is 5. The van der Waals surface area contributed by atoms with Crippen molar-refractivity contribution < 1.29 is 24.3 Å². The van der Waals surface area contributed by atoms with Gasteiger partial charge < -0.3 is 28.0 Å². The lowest BCUT2D eigenvalue weighted by Crippen LogP contribution is -2.70. The smallest absolute Gasteiger partial charge is 0.338 e. The number of ketones is 1. The zero-order valence-corrected chi connectivity index (χ0v) is 18.6. The van der Waals surface area contributed by atoms with E-state index >= 15 is 0 Å². The van der Waals surface area contributed by atoms with Crippen molar-refractivity contribution in [3.8, 4) is 0 Å². The maximum atomic E-state index is 13.4. The molecule has 0 radical (unpaired) electrons. The van der Waals surface area contributed by atoms with Crippen LogP contribution in [0, 0.1) is 11.8 Å². The van der Waals surface area contributed by atoms with Crippen molar-refractivity contribution in [1.82, 2.24) is 4.90 Å². The molecule has 0 spiro atoms. The highest BCUT2D eigenvalue weighted by Gasteiger charge is 2.57. The molecule has 9 N–H and O–H groups in total. The van der Waals surface area contributed by atoms with Crippen molar-refractivity contribution in [3.63, 3.8) is 0 Å². The zero-order valence-electron chi connectivity index (χ0n) is 18.6. The highest BCUT2D eigenvalue weighted by atomic mass is 16.4. The minimum Gasteiger partial charge on any atom is -0.479 e. The molecule has 0 heterocycles. The fraction of sp³-hybridized carbons (Fsp3) is 0.800. The lowest BCUT2D eigenvalue weighted by atomic mass is 9.78. The molecule has 3 atom stereocenters. The largest absolute Gasteiger partial charge is 0.479 e. The number of unbranched alkanes of at least 4 members (excludes halogenated alkanes) is 1. The molecule has 0 aliphatic rings. The monoisotopic (exact) mass is 429 g/mol. The van der Waals surface area contributed by atoms with Crippen LogP contribution in [-0.4, -0.2) is 64.3 Å². The number of carbonyl (C=O) groups excluding carboxylic acids is 3. The summed E-state index contributed by atoms with van der Waals surface area (Å²) in [6, 6.07) is -2.35. The number of nitrogens with two attached hydrogens (primary N) is 4. The summed E-state index contributed by atoms with van der Waals surface area (Å²) < 4.78 is 0. The number of rotatable bonds is 14. The van der Waals surface area contributed by atoms with Crippen LogP contribution in [0.5, 0.6) is 0 Å². The van der Waals surface area contributed by atoms with E-state index in [1.54, 1.807) is 13.8 Å². The maximum absolute atomic E-state index is 13.4. The molecular formula is C20H39N5O5. The number of carbonyl (C=O) groups is 4. The van der Waals surface area contributed by atoms with Gasteiger partial charge >= 0.3 is 5.97 Å². The van der Waals surface area contributed by atoms with E-state index < -0.39 is 47.7 Å². The van der Waals surface area contributed by atoms with Gasteiger partial charge in [-0.1, -0.05) is 34.1 Å². The molecular weight excluding hydrogens is 390 g/mol. The zero-order chi connectivity index (χ0) is 23.6. The normalized spacial score (nSPS) is 15.5. The number of hydrogen-bond acceptors (Lipinski definition) is 8. The molecule has 3 unspecified atom stereocenters. The van der Waals surface area contributed by atoms with E-state index in [0.717, 1.165) is 0 Å². The number of amides is 2. The quantitative estimate of drug-likeness (QED) is 0.180. The average molecular weight is 430 g/mol. The van der Waals surface area contributed by atoms with Crippen molar-refractivity contribution in [2.75, 3.05) is 13.1 Å². The number of carboxylic acid groups (broad SMARTS) is 1. The van der Waals surface area contributed by atoms with Gasteiger partial charge in [-0.05, 0) is 44.1 Å². The van der Waals surface area contributed by atoms with Crippen LogP contribution < -0.4 is 22.9 Å². The van der Waals surface area contributed by atoms with Crippen molar-refractivity contribution in [2.24, 2.45) is 34.8 Å². The predicted molar refractivity (Wildman–Crippen MR) is 114 cm³/mol. The van der Waals surface area contributed by atoms with E-state index in [4.69, 9.17) is 22.9 Å². The Morgan fingerprint density at radius 1 is 0.933 bits per heavy atom. The van der Waals surface area contributed by atoms with E-state index in [1.165, 1.54) is 0 Å². The van der Waals surface area contributed by atoms with Gasteiger partial charge in [0.1, 0.15) is 0 Å². The van der Waals surface area contributed by atoms with E-state index in [2.05, 4.69) is 0 Å². The van der Waals surface area contributed by atoms with Crippen LogP contribution in [0.3, 0.4) is 0 Å². The summed E-state index contributed by atoms with van der Waals surface area (Å²) in [4.78, 5) is 52.2. The second kappa shape index (κ2) is 12.7. The molecule has 0 rings (SSSR count). The molecule has 0 aromatic carbocycles. The van der Waals surface area contributed by atoms with Crippen molar-refractivity contribution >= 4 is 23.6 Å². The van der Waals surface area contributed by atoms with Gasteiger partial charge in [0, 0.05) is 0 Å². The van der Waals surface area contributed by atoms with Gasteiger partial charge in [0.15, 0.2) is 5.78 Å². The fourth-order valence-electron chi connectivity index (χ4n) is 3.52. The summed E-state index contributed by atoms with van der Waals surface area (Å²) in [6.07, 6.45) is 1.21. The molecule has 0 aliphatic heterocycles. The van der Waals surface area contributed by atoms with E-state index in [0.29, 0.717) is 24.3 Å². The van der Waals surface area contributed by atoms with Crippen LogP contribution >= 0.6 is 0 Å². The molecule has 2 amide bonds. The molecule has 0 saturated heterocycles. The van der Waals surface area contributed by atoms with Crippen LogP contribution in [0.1, 0.15) is 59.8 Å². The van der Waals surface area contributed by atoms with Crippen LogP contribution in [-0.2, 0) is 19.2 Å². The number of imide groups is 1. The fourth-order valence-corrected chi connectivity index (χ4v) is 3.52. The van der Waals surface area contributed by atoms with Gasteiger partial charge in [0.25, 0.3) is 0 Å².